The molecule has 1 aliphatic rings. The number of hydrogen-bond donors (Lipinski definition) is 1. The Labute approximate surface area is 97.1 Å². The monoisotopic (exact) mass is 227 g/mol. The lowest BCUT2D eigenvalue weighted by Gasteiger charge is -2.24. The van der Waals surface area contributed by atoms with Crippen molar-refractivity contribution >= 4 is 18.2 Å². The first kappa shape index (κ1) is 12.3. The van der Waals surface area contributed by atoms with Gasteiger partial charge in [-0.15, -0.1) is 12.4 Å². The third-order valence-electron chi connectivity index (χ3n) is 2.84. The zero-order valence-electron chi connectivity index (χ0n) is 9.02. The van der Waals surface area contributed by atoms with Crippen molar-refractivity contribution in [1.29, 1.82) is 0 Å². The lowest BCUT2D eigenvalue weighted by molar-refractivity contribution is 0.671. The standard InChI is InChI=1S/C11H17N3.ClH/c1-9-4-5-11(13-8-9)14-6-2-3-10(14)7-12;/h4-5,8,10H,2-3,6-7,12H2,1H3;1H. The Balaban J connectivity index is 0.00000112. The SMILES string of the molecule is Cc1ccc(N2CCCC2CN)nc1.Cl. The highest BCUT2D eigenvalue weighted by Crippen LogP contribution is 2.22. The summed E-state index contributed by atoms with van der Waals surface area (Å²) in [7, 11) is 0. The van der Waals surface area contributed by atoms with Gasteiger partial charge in [0.2, 0.25) is 0 Å². The number of rotatable bonds is 2. The fourth-order valence-corrected chi connectivity index (χ4v) is 2.01. The van der Waals surface area contributed by atoms with Gasteiger partial charge in [0.25, 0.3) is 0 Å². The van der Waals surface area contributed by atoms with E-state index < -0.39 is 0 Å². The van der Waals surface area contributed by atoms with Gasteiger partial charge in [-0.1, -0.05) is 6.07 Å². The highest BCUT2D eigenvalue weighted by Gasteiger charge is 2.23. The van der Waals surface area contributed by atoms with Crippen LogP contribution in [0.3, 0.4) is 0 Å². The van der Waals surface area contributed by atoms with Crippen LogP contribution in [-0.2, 0) is 0 Å². The average Bonchev–Trinajstić information content (AvgIpc) is 2.67. The van der Waals surface area contributed by atoms with E-state index in [9.17, 15) is 0 Å². The smallest absolute Gasteiger partial charge is 0.128 e. The van der Waals surface area contributed by atoms with Crippen molar-refractivity contribution in [3.63, 3.8) is 0 Å². The van der Waals surface area contributed by atoms with Gasteiger partial charge in [-0.2, -0.15) is 0 Å². The van der Waals surface area contributed by atoms with E-state index >= 15 is 0 Å². The Morgan fingerprint density at radius 3 is 2.93 bits per heavy atom. The number of pyridine rings is 1. The molecule has 1 aromatic heterocycles. The van der Waals surface area contributed by atoms with Crippen LogP contribution in [-0.4, -0.2) is 24.1 Å². The zero-order chi connectivity index (χ0) is 9.97. The van der Waals surface area contributed by atoms with Gasteiger partial charge < -0.3 is 10.6 Å². The van der Waals surface area contributed by atoms with E-state index in [1.807, 2.05) is 6.20 Å². The third kappa shape index (κ3) is 2.61. The first-order valence-electron chi connectivity index (χ1n) is 5.20. The quantitative estimate of drug-likeness (QED) is 0.837. The highest BCUT2D eigenvalue weighted by atomic mass is 35.5. The van der Waals surface area contributed by atoms with Gasteiger partial charge in [0.1, 0.15) is 5.82 Å². The molecule has 0 amide bonds. The van der Waals surface area contributed by atoms with Crippen molar-refractivity contribution in [2.45, 2.75) is 25.8 Å². The summed E-state index contributed by atoms with van der Waals surface area (Å²) in [5.74, 6) is 1.07. The van der Waals surface area contributed by atoms with Gasteiger partial charge in [-0.3, -0.25) is 0 Å². The lowest BCUT2D eigenvalue weighted by atomic mass is 10.2. The molecule has 1 aliphatic heterocycles. The first-order chi connectivity index (χ1) is 6.81. The van der Waals surface area contributed by atoms with Crippen LogP contribution < -0.4 is 10.6 Å². The maximum Gasteiger partial charge on any atom is 0.128 e. The van der Waals surface area contributed by atoms with Crippen molar-refractivity contribution in [3.8, 4) is 0 Å². The van der Waals surface area contributed by atoms with Crippen LogP contribution in [0.25, 0.3) is 0 Å². The topological polar surface area (TPSA) is 42.1 Å². The summed E-state index contributed by atoms with van der Waals surface area (Å²) in [5, 5.41) is 0. The van der Waals surface area contributed by atoms with Crippen LogP contribution in [0.4, 0.5) is 5.82 Å². The number of nitrogens with zero attached hydrogens (tertiary/aromatic N) is 2. The second-order valence-electron chi connectivity index (χ2n) is 3.92. The highest BCUT2D eigenvalue weighted by molar-refractivity contribution is 5.85. The van der Waals surface area contributed by atoms with Gasteiger partial charge in [-0.25, -0.2) is 4.98 Å². The van der Waals surface area contributed by atoms with Crippen molar-refractivity contribution in [3.05, 3.63) is 23.9 Å². The summed E-state index contributed by atoms with van der Waals surface area (Å²) in [6.45, 7) is 3.88. The molecule has 84 valence electrons. The number of nitrogens with two attached hydrogens (primary N) is 1. The molecule has 0 radical (unpaired) electrons. The molecule has 0 bridgehead atoms. The minimum Gasteiger partial charge on any atom is -0.352 e. The van der Waals surface area contributed by atoms with Crippen LogP contribution in [0.1, 0.15) is 18.4 Å². The van der Waals surface area contributed by atoms with Crippen LogP contribution in [0.15, 0.2) is 18.3 Å². The molecule has 3 nitrogen and oxygen atoms in total. The molecule has 0 aromatic carbocycles. The predicted octanol–water partition coefficient (Wildman–Crippen LogP) is 1.74. The first-order valence-corrected chi connectivity index (χ1v) is 5.20. The summed E-state index contributed by atoms with van der Waals surface area (Å²) in [6, 6.07) is 4.68. The zero-order valence-corrected chi connectivity index (χ0v) is 9.83. The number of aromatic nitrogens is 1. The molecule has 0 saturated carbocycles. The summed E-state index contributed by atoms with van der Waals surface area (Å²) in [5.41, 5.74) is 6.93. The van der Waals surface area contributed by atoms with Gasteiger partial charge in [0.15, 0.2) is 0 Å². The lowest BCUT2D eigenvalue weighted by Crippen LogP contribution is -2.35. The van der Waals surface area contributed by atoms with Gasteiger partial charge >= 0.3 is 0 Å². The molecule has 0 spiro atoms. The summed E-state index contributed by atoms with van der Waals surface area (Å²) in [6.07, 6.45) is 4.35. The van der Waals surface area contributed by atoms with E-state index in [1.54, 1.807) is 0 Å². The number of halogens is 1. The average molecular weight is 228 g/mol. The molecule has 1 unspecified atom stereocenters. The molecule has 1 saturated heterocycles. The largest absolute Gasteiger partial charge is 0.352 e. The Morgan fingerprint density at radius 1 is 1.53 bits per heavy atom. The molecular formula is C11H18ClN3. The van der Waals surface area contributed by atoms with Crippen LogP contribution in [0.2, 0.25) is 0 Å². The van der Waals surface area contributed by atoms with E-state index in [4.69, 9.17) is 5.73 Å². The normalized spacial score (nSPS) is 20.1. The summed E-state index contributed by atoms with van der Waals surface area (Å²) >= 11 is 0. The van der Waals surface area contributed by atoms with E-state index in [0.29, 0.717) is 6.04 Å². The van der Waals surface area contributed by atoms with E-state index in [1.165, 1.54) is 18.4 Å². The van der Waals surface area contributed by atoms with E-state index in [2.05, 4.69) is 28.9 Å². The Morgan fingerprint density at radius 2 is 2.33 bits per heavy atom. The fourth-order valence-electron chi connectivity index (χ4n) is 2.01. The van der Waals surface area contributed by atoms with Crippen LogP contribution in [0.5, 0.6) is 0 Å². The van der Waals surface area contributed by atoms with Crippen LogP contribution in [0, 0.1) is 6.92 Å². The predicted molar refractivity (Wildman–Crippen MR) is 65.6 cm³/mol. The minimum atomic E-state index is 0. The second-order valence-corrected chi connectivity index (χ2v) is 3.92. The molecule has 15 heavy (non-hydrogen) atoms. The molecule has 1 aromatic rings. The van der Waals surface area contributed by atoms with Crippen molar-refractivity contribution < 1.29 is 0 Å². The van der Waals surface area contributed by atoms with Crippen molar-refractivity contribution in [2.24, 2.45) is 5.73 Å². The molecule has 2 heterocycles. The fraction of sp³-hybridized carbons (Fsp3) is 0.545. The summed E-state index contributed by atoms with van der Waals surface area (Å²) in [4.78, 5) is 6.75. The second kappa shape index (κ2) is 5.33. The maximum atomic E-state index is 5.72. The molecule has 1 atom stereocenters. The molecular weight excluding hydrogens is 210 g/mol. The minimum absolute atomic E-state index is 0. The van der Waals surface area contributed by atoms with Gasteiger partial charge in [-0.05, 0) is 31.4 Å². The molecule has 2 rings (SSSR count). The van der Waals surface area contributed by atoms with Gasteiger partial charge in [0.05, 0.1) is 0 Å². The van der Waals surface area contributed by atoms with Crippen molar-refractivity contribution in [1.82, 2.24) is 4.98 Å². The van der Waals surface area contributed by atoms with Crippen LogP contribution >= 0.6 is 12.4 Å². The Bertz CT molecular complexity index is 299. The molecule has 4 heteroatoms. The Kier molecular flexibility index (Phi) is 4.36. The molecule has 0 aliphatic carbocycles. The molecule has 1 fully saturated rings. The Hall–Kier alpha value is -0.800. The number of anilines is 1. The number of aryl methyl sites for hydroxylation is 1. The maximum absolute atomic E-state index is 5.72. The van der Waals surface area contributed by atoms with E-state index in [0.717, 1.165) is 18.9 Å². The molecule has 2 N–H and O–H groups in total. The summed E-state index contributed by atoms with van der Waals surface area (Å²) < 4.78 is 0. The van der Waals surface area contributed by atoms with E-state index in [-0.39, 0.29) is 12.4 Å². The number of hydrogen-bond acceptors (Lipinski definition) is 3. The third-order valence-corrected chi connectivity index (χ3v) is 2.84. The van der Waals surface area contributed by atoms with Gasteiger partial charge in [0, 0.05) is 25.3 Å². The van der Waals surface area contributed by atoms with Crippen molar-refractivity contribution in [2.75, 3.05) is 18.0 Å².